The van der Waals surface area contributed by atoms with Crippen LogP contribution in [-0.2, 0) is 41.6 Å². The van der Waals surface area contributed by atoms with E-state index in [1.54, 1.807) is 82.3 Å². The van der Waals surface area contributed by atoms with Crippen LogP contribution in [0.25, 0.3) is 0 Å². The van der Waals surface area contributed by atoms with E-state index in [0.717, 1.165) is 11.1 Å². The summed E-state index contributed by atoms with van der Waals surface area (Å²) < 4.78 is 0. The van der Waals surface area contributed by atoms with Crippen LogP contribution in [0, 0.1) is 11.8 Å². The fraction of sp³-hybridized carbons (Fsp3) is 0.514. The highest BCUT2D eigenvalue weighted by Crippen LogP contribution is 2.11. The average molecular weight is 710 g/mol. The molecule has 0 fully saturated rings. The number of nitrogens with one attached hydrogen (secondary N) is 5. The summed E-state index contributed by atoms with van der Waals surface area (Å²) in [5.41, 5.74) is 13.0. The van der Waals surface area contributed by atoms with Gasteiger partial charge in [-0.15, -0.1) is 0 Å². The van der Waals surface area contributed by atoms with Crippen molar-refractivity contribution in [2.45, 2.75) is 103 Å². The number of rotatable bonds is 21. The third-order valence-corrected chi connectivity index (χ3v) is 8.36. The number of nitrogens with two attached hydrogens (primary N) is 2. The van der Waals surface area contributed by atoms with Crippen molar-refractivity contribution in [1.29, 1.82) is 0 Å². The van der Waals surface area contributed by atoms with E-state index < -0.39 is 77.7 Å². The van der Waals surface area contributed by atoms with Crippen molar-refractivity contribution in [2.75, 3.05) is 6.54 Å². The van der Waals surface area contributed by atoms with Gasteiger partial charge in [0.25, 0.3) is 0 Å². The predicted molar refractivity (Wildman–Crippen MR) is 194 cm³/mol. The summed E-state index contributed by atoms with van der Waals surface area (Å²) >= 11 is 0. The summed E-state index contributed by atoms with van der Waals surface area (Å²) in [5, 5.41) is 22.7. The maximum absolute atomic E-state index is 13.9. The van der Waals surface area contributed by atoms with E-state index in [1.165, 1.54) is 6.92 Å². The zero-order chi connectivity index (χ0) is 38.1. The molecule has 0 aliphatic heterocycles. The zero-order valence-electron chi connectivity index (χ0n) is 30.2. The Morgan fingerprint density at radius 2 is 1.00 bits per heavy atom. The Hall–Kier alpha value is -4.82. The summed E-state index contributed by atoms with van der Waals surface area (Å²) in [5.74, 6) is -5.12. The van der Waals surface area contributed by atoms with Crippen LogP contribution in [0.5, 0.6) is 0 Å². The number of hydrogen-bond donors (Lipinski definition) is 8. The van der Waals surface area contributed by atoms with E-state index in [-0.39, 0.29) is 18.8 Å². The molecule has 2 aromatic carbocycles. The lowest BCUT2D eigenvalue weighted by Gasteiger charge is -2.29. The molecule has 0 saturated carbocycles. The van der Waals surface area contributed by atoms with E-state index in [4.69, 9.17) is 11.5 Å². The van der Waals surface area contributed by atoms with Gasteiger partial charge in [-0.05, 0) is 49.3 Å². The van der Waals surface area contributed by atoms with Gasteiger partial charge in [-0.2, -0.15) is 0 Å². The number of benzene rings is 2. The molecule has 14 nitrogen and oxygen atoms in total. The number of carbonyl (C=O) groups is 6. The Bertz CT molecular complexity index is 1440. The number of hydrogen-bond acceptors (Lipinski definition) is 8. The molecule has 2 aromatic rings. The van der Waals surface area contributed by atoms with Crippen LogP contribution in [0.15, 0.2) is 60.7 Å². The maximum atomic E-state index is 13.9. The SMILES string of the molecule is CC(C)[C@@H](NC(=O)[C@H](N)CCCCN)C(=O)N[C@@H](C(=O)N[C@H](Cc1ccccc1)C(=O)N[C@H](Cc1ccccc1)C(=O)N[C@H](C)C(=O)O)C(C)C. The Labute approximate surface area is 300 Å². The van der Waals surface area contributed by atoms with Crippen LogP contribution >= 0.6 is 0 Å². The second-order valence-electron chi connectivity index (χ2n) is 13.4. The van der Waals surface area contributed by atoms with Crippen molar-refractivity contribution < 1.29 is 33.9 Å². The van der Waals surface area contributed by atoms with E-state index in [0.29, 0.717) is 25.8 Å². The first-order valence-corrected chi connectivity index (χ1v) is 17.4. The smallest absolute Gasteiger partial charge is 0.325 e. The Kier molecular flexibility index (Phi) is 17.8. The average Bonchev–Trinajstić information content (AvgIpc) is 3.09. The van der Waals surface area contributed by atoms with Gasteiger partial charge in [-0.3, -0.25) is 28.8 Å². The molecule has 2 rings (SSSR count). The van der Waals surface area contributed by atoms with Gasteiger partial charge in [-0.25, -0.2) is 0 Å². The first kappa shape index (κ1) is 42.3. The first-order valence-electron chi connectivity index (χ1n) is 17.4. The predicted octanol–water partition coefficient (Wildman–Crippen LogP) is 0.769. The monoisotopic (exact) mass is 709 g/mol. The summed E-state index contributed by atoms with van der Waals surface area (Å²) in [6.07, 6.45) is 1.89. The molecular weight excluding hydrogens is 654 g/mol. The molecule has 10 N–H and O–H groups in total. The molecule has 0 heterocycles. The summed E-state index contributed by atoms with van der Waals surface area (Å²) in [6.45, 7) is 8.78. The van der Waals surface area contributed by atoms with Gasteiger partial charge in [0.1, 0.15) is 30.2 Å². The highest BCUT2D eigenvalue weighted by atomic mass is 16.4. The number of carboxylic acids is 1. The molecule has 280 valence electrons. The molecule has 0 aliphatic rings. The number of unbranched alkanes of at least 4 members (excludes halogenated alkanes) is 1. The minimum absolute atomic E-state index is 0.0507. The van der Waals surface area contributed by atoms with Gasteiger partial charge < -0.3 is 43.2 Å². The highest BCUT2D eigenvalue weighted by Gasteiger charge is 2.34. The molecular formula is C37H55N7O7. The molecule has 0 saturated heterocycles. The topological polar surface area (TPSA) is 235 Å². The van der Waals surface area contributed by atoms with Crippen LogP contribution < -0.4 is 38.1 Å². The van der Waals surface area contributed by atoms with Crippen molar-refractivity contribution in [2.24, 2.45) is 23.3 Å². The van der Waals surface area contributed by atoms with Crippen LogP contribution in [-0.4, -0.2) is 83.4 Å². The lowest BCUT2D eigenvalue weighted by molar-refractivity contribution is -0.141. The quantitative estimate of drug-likeness (QED) is 0.0854. The van der Waals surface area contributed by atoms with Gasteiger partial charge in [0.15, 0.2) is 0 Å². The molecule has 0 spiro atoms. The molecule has 0 unspecified atom stereocenters. The molecule has 0 aliphatic carbocycles. The Balaban J connectivity index is 2.31. The van der Waals surface area contributed by atoms with Gasteiger partial charge in [0.05, 0.1) is 6.04 Å². The van der Waals surface area contributed by atoms with E-state index in [2.05, 4.69) is 26.6 Å². The minimum Gasteiger partial charge on any atom is -0.480 e. The summed E-state index contributed by atoms with van der Waals surface area (Å²) in [4.78, 5) is 78.9. The van der Waals surface area contributed by atoms with Crippen molar-refractivity contribution in [3.63, 3.8) is 0 Å². The molecule has 5 amide bonds. The van der Waals surface area contributed by atoms with Gasteiger partial charge in [0, 0.05) is 12.8 Å². The molecule has 51 heavy (non-hydrogen) atoms. The first-order chi connectivity index (χ1) is 24.1. The van der Waals surface area contributed by atoms with Gasteiger partial charge >= 0.3 is 5.97 Å². The summed E-state index contributed by atoms with van der Waals surface area (Å²) in [7, 11) is 0. The lowest BCUT2D eigenvalue weighted by Crippen LogP contribution is -2.61. The second-order valence-corrected chi connectivity index (χ2v) is 13.4. The van der Waals surface area contributed by atoms with Crippen LogP contribution in [0.2, 0.25) is 0 Å². The number of aliphatic carboxylic acids is 1. The second kappa shape index (κ2) is 21.4. The van der Waals surface area contributed by atoms with Crippen molar-refractivity contribution >= 4 is 35.5 Å². The molecule has 14 heteroatoms. The Morgan fingerprint density at radius 1 is 0.588 bits per heavy atom. The van der Waals surface area contributed by atoms with E-state index >= 15 is 0 Å². The van der Waals surface area contributed by atoms with Crippen LogP contribution in [0.3, 0.4) is 0 Å². The lowest BCUT2D eigenvalue weighted by atomic mass is 9.98. The fourth-order valence-electron chi connectivity index (χ4n) is 5.24. The standard InChI is InChI=1S/C37H55N7O7/c1-22(2)30(44-36(49)31(23(3)4)43-32(45)27(39)18-12-13-19-38)35(48)42-29(21-26-16-10-7-11-17-26)34(47)41-28(20-25-14-8-6-9-15-25)33(46)40-24(5)37(50)51/h6-11,14-17,22-24,27-31H,12-13,18-21,38-39H2,1-5H3,(H,40,46)(H,41,47)(H,42,48)(H,43,45)(H,44,49)(H,50,51)/t24-,27-,28-,29-,30-,31-/m1/s1. The summed E-state index contributed by atoms with van der Waals surface area (Å²) in [6, 6.07) is 11.4. The van der Waals surface area contributed by atoms with Gasteiger partial charge in [0.2, 0.25) is 29.5 Å². The molecule has 6 atom stereocenters. The third kappa shape index (κ3) is 14.5. The third-order valence-electron chi connectivity index (χ3n) is 8.36. The minimum atomic E-state index is -1.24. The maximum Gasteiger partial charge on any atom is 0.325 e. The van der Waals surface area contributed by atoms with Crippen molar-refractivity contribution in [1.82, 2.24) is 26.6 Å². The number of carboxylic acid groups (broad SMARTS) is 1. The van der Waals surface area contributed by atoms with Crippen molar-refractivity contribution in [3.05, 3.63) is 71.8 Å². The van der Waals surface area contributed by atoms with E-state index in [1.807, 2.05) is 6.07 Å². The Morgan fingerprint density at radius 3 is 1.43 bits per heavy atom. The number of carbonyl (C=O) groups excluding carboxylic acids is 5. The fourth-order valence-corrected chi connectivity index (χ4v) is 5.24. The van der Waals surface area contributed by atoms with Crippen LogP contribution in [0.1, 0.15) is 65.0 Å². The number of amides is 5. The zero-order valence-corrected chi connectivity index (χ0v) is 30.2. The largest absolute Gasteiger partial charge is 0.480 e. The normalized spacial score (nSPS) is 14.7. The highest BCUT2D eigenvalue weighted by molar-refractivity contribution is 5.96. The molecule has 0 bridgehead atoms. The van der Waals surface area contributed by atoms with Gasteiger partial charge in [-0.1, -0.05) is 94.8 Å². The van der Waals surface area contributed by atoms with Crippen molar-refractivity contribution in [3.8, 4) is 0 Å². The van der Waals surface area contributed by atoms with E-state index in [9.17, 15) is 33.9 Å². The molecule has 0 radical (unpaired) electrons. The van der Waals surface area contributed by atoms with Crippen LogP contribution in [0.4, 0.5) is 0 Å². The molecule has 0 aromatic heterocycles.